The smallest absolute Gasteiger partial charge is 0.329 e. The molecule has 1 aliphatic rings. The Labute approximate surface area is 604 Å². The Bertz CT molecular complexity index is 3630. The molecule has 42 nitrogen and oxygen atoms in total. The molecule has 0 spiro atoms. The second-order valence-corrected chi connectivity index (χ2v) is 24.9. The topological polar surface area (TPSA) is 694 Å². The second kappa shape index (κ2) is 42.8. The minimum atomic E-state index is -2.40. The molecule has 42 heteroatoms. The molecule has 13 amide bonds. The monoisotopic (exact) mass is 1500 g/mol. The van der Waals surface area contributed by atoms with Crippen LogP contribution in [0.5, 0.6) is 0 Å². The fourth-order valence-electron chi connectivity index (χ4n) is 10.8. The van der Waals surface area contributed by atoms with Crippen LogP contribution in [-0.4, -0.2) is 265 Å². The fourth-order valence-corrected chi connectivity index (χ4v) is 10.8. The first-order chi connectivity index (χ1) is 49.9. The van der Waals surface area contributed by atoms with E-state index < -0.39 is 257 Å². The maximum Gasteiger partial charge on any atom is 0.329 e. The molecule has 1 aliphatic heterocycles. The number of esters is 1. The van der Waals surface area contributed by atoms with Gasteiger partial charge in [0.2, 0.25) is 76.8 Å². The highest BCUT2D eigenvalue weighted by molar-refractivity contribution is 6.05. The minimum Gasteiger partial charge on any atom is -0.481 e. The van der Waals surface area contributed by atoms with E-state index in [1.807, 2.05) is 0 Å². The first kappa shape index (κ1) is 87.5. The number of carbonyl (C=O) groups excluding carboxylic acids is 15. The molecule has 13 unspecified atom stereocenters. The lowest BCUT2D eigenvalue weighted by Crippen LogP contribution is -2.62. The number of aromatic amines is 1. The van der Waals surface area contributed by atoms with Gasteiger partial charge in [-0.05, 0) is 62.9 Å². The van der Waals surface area contributed by atoms with E-state index in [2.05, 4.69) is 74.1 Å². The van der Waals surface area contributed by atoms with Gasteiger partial charge in [0, 0.05) is 80.0 Å². The molecular formula is C64H93N17O25. The van der Waals surface area contributed by atoms with Gasteiger partial charge in [-0.25, -0.2) is 4.79 Å². The lowest BCUT2D eigenvalue weighted by atomic mass is 9.95. The van der Waals surface area contributed by atoms with Crippen LogP contribution in [0.2, 0.25) is 0 Å². The van der Waals surface area contributed by atoms with Crippen molar-refractivity contribution in [1.29, 1.82) is 0 Å². The van der Waals surface area contributed by atoms with Crippen molar-refractivity contribution in [2.45, 2.75) is 177 Å². The van der Waals surface area contributed by atoms with Gasteiger partial charge < -0.3 is 137 Å². The number of benzene rings is 2. The molecule has 584 valence electrons. The van der Waals surface area contributed by atoms with Crippen LogP contribution in [0.4, 0.5) is 5.69 Å². The van der Waals surface area contributed by atoms with Crippen molar-refractivity contribution in [3.63, 3.8) is 0 Å². The Morgan fingerprint density at radius 3 is 1.85 bits per heavy atom. The Morgan fingerprint density at radius 2 is 1.24 bits per heavy atom. The van der Waals surface area contributed by atoms with Crippen molar-refractivity contribution < 1.29 is 122 Å². The van der Waals surface area contributed by atoms with Gasteiger partial charge in [-0.2, -0.15) is 0 Å². The number of primary amides is 1. The number of nitrogens with two attached hydrogens (primary N) is 3. The summed E-state index contributed by atoms with van der Waals surface area (Å²) in [5.41, 5.74) is 18.0. The van der Waals surface area contributed by atoms with Gasteiger partial charge in [0.15, 0.2) is 24.7 Å². The van der Waals surface area contributed by atoms with E-state index in [4.69, 9.17) is 21.9 Å². The molecular weight excluding hydrogens is 1410 g/mol. The maximum atomic E-state index is 14.8. The largest absolute Gasteiger partial charge is 0.481 e. The van der Waals surface area contributed by atoms with Crippen molar-refractivity contribution in [3.8, 4) is 0 Å². The van der Waals surface area contributed by atoms with Crippen LogP contribution in [0.15, 0.2) is 54.7 Å². The average Bonchev–Trinajstić information content (AvgIpc) is 1.65. The SMILES string of the molecule is CC(=O)NC(Cc1c[nH]c2ccccc12)C(=O)NC(CC(N)=O)C(=O)NC(CC(=O)O)C(=O)NC1C(=O)NCC(=O)NC(CCCN)C(=O)NC(CC(O)O)C(=O)NC(C)C(=O)NC(CC(O)O)CNCC(=O)NC(CO)C(=O)NC(C(C)CC(O)O)C(=O)NC(CC(=O)c2ccccc2N)C(=O)OC1C. The number of nitrogens with one attached hydrogen (secondary N) is 14. The van der Waals surface area contributed by atoms with Gasteiger partial charge in [-0.3, -0.25) is 71.9 Å². The number of cyclic esters (lactones) is 1. The lowest BCUT2D eigenvalue weighted by molar-refractivity contribution is -0.156. The van der Waals surface area contributed by atoms with Crippen LogP contribution < -0.4 is 86.3 Å². The van der Waals surface area contributed by atoms with E-state index in [0.717, 1.165) is 20.8 Å². The summed E-state index contributed by atoms with van der Waals surface area (Å²) in [5, 5.41) is 110. The van der Waals surface area contributed by atoms with Crippen molar-refractivity contribution in [3.05, 3.63) is 65.9 Å². The number of ether oxygens (including phenoxy) is 1. The molecule has 4 rings (SSSR count). The van der Waals surface area contributed by atoms with Crippen LogP contribution >= 0.6 is 0 Å². The van der Waals surface area contributed by atoms with Crippen LogP contribution in [0.25, 0.3) is 10.9 Å². The van der Waals surface area contributed by atoms with E-state index in [9.17, 15) is 118 Å². The molecule has 28 N–H and O–H groups in total. The zero-order valence-electron chi connectivity index (χ0n) is 58.1. The number of carboxylic acids is 1. The van der Waals surface area contributed by atoms with Crippen LogP contribution in [0.1, 0.15) is 95.0 Å². The quantitative estimate of drug-likeness (QED) is 0.0146. The Balaban J connectivity index is 1.87. The first-order valence-corrected chi connectivity index (χ1v) is 33.2. The normalized spacial score (nSPS) is 22.3. The van der Waals surface area contributed by atoms with E-state index in [0.29, 0.717) is 16.5 Å². The number of hydrogen-bond donors (Lipinski definition) is 25. The van der Waals surface area contributed by atoms with Gasteiger partial charge in [0.05, 0.1) is 32.5 Å². The average molecular weight is 1500 g/mol. The van der Waals surface area contributed by atoms with Crippen molar-refractivity contribution in [1.82, 2.24) is 74.1 Å². The lowest BCUT2D eigenvalue weighted by Gasteiger charge is -2.30. The highest BCUT2D eigenvalue weighted by Crippen LogP contribution is 2.21. The number of H-pyrrole nitrogens is 1. The van der Waals surface area contributed by atoms with Gasteiger partial charge in [0.1, 0.15) is 66.5 Å². The third kappa shape index (κ3) is 29.0. The fraction of sp³-hybridized carbons (Fsp3) is 0.531. The van der Waals surface area contributed by atoms with E-state index in [-0.39, 0.29) is 37.1 Å². The van der Waals surface area contributed by atoms with Crippen molar-refractivity contribution >= 4 is 111 Å². The molecule has 1 aromatic heterocycles. The summed E-state index contributed by atoms with van der Waals surface area (Å²) in [7, 11) is 0. The van der Waals surface area contributed by atoms with Crippen LogP contribution in [0, 0.1) is 5.92 Å². The number of fused-ring (bicyclic) bond motifs is 1. The number of nitrogen functional groups attached to an aromatic ring is 1. The highest BCUT2D eigenvalue weighted by Gasteiger charge is 2.41. The summed E-state index contributed by atoms with van der Waals surface area (Å²) in [6, 6.07) is -8.74. The van der Waals surface area contributed by atoms with Gasteiger partial charge in [-0.15, -0.1) is 0 Å². The number of anilines is 1. The van der Waals surface area contributed by atoms with E-state index in [1.165, 1.54) is 31.2 Å². The Hall–Kier alpha value is -10.9. The predicted molar refractivity (Wildman–Crippen MR) is 365 cm³/mol. The number of carboxylic acid groups (broad SMARTS) is 1. The molecule has 2 heterocycles. The third-order valence-corrected chi connectivity index (χ3v) is 16.1. The van der Waals surface area contributed by atoms with Crippen molar-refractivity contribution in [2.75, 3.05) is 38.5 Å². The number of para-hydroxylation sites is 2. The number of aromatic nitrogens is 1. The molecule has 13 atom stereocenters. The molecule has 0 radical (unpaired) electrons. The number of ketones is 1. The number of hydrogen-bond acceptors (Lipinski definition) is 27. The molecule has 0 aliphatic carbocycles. The van der Waals surface area contributed by atoms with Gasteiger partial charge >= 0.3 is 11.9 Å². The number of aliphatic hydroxyl groups is 7. The minimum absolute atomic E-state index is 0.0379. The highest BCUT2D eigenvalue weighted by atomic mass is 16.5. The number of aliphatic hydroxyl groups excluding tert-OH is 4. The van der Waals surface area contributed by atoms with Gasteiger partial charge in [-0.1, -0.05) is 37.3 Å². The predicted octanol–water partition coefficient (Wildman–Crippen LogP) is -10.6. The molecule has 2 aromatic carbocycles. The zero-order valence-corrected chi connectivity index (χ0v) is 58.1. The second-order valence-electron chi connectivity index (χ2n) is 24.9. The summed E-state index contributed by atoms with van der Waals surface area (Å²) in [5.74, 6) is -22.1. The maximum absolute atomic E-state index is 14.8. The number of Topliss-reactive ketones (excluding diaryl/α,β-unsaturated/α-hetero) is 1. The molecule has 0 bridgehead atoms. The summed E-state index contributed by atoms with van der Waals surface area (Å²) >= 11 is 0. The Morgan fingerprint density at radius 1 is 0.642 bits per heavy atom. The summed E-state index contributed by atoms with van der Waals surface area (Å²) in [6.07, 6.45) is -13.6. The number of aliphatic carboxylic acids is 1. The molecule has 1 saturated heterocycles. The van der Waals surface area contributed by atoms with Gasteiger partial charge in [0.25, 0.3) is 0 Å². The number of rotatable bonds is 27. The van der Waals surface area contributed by atoms with Crippen LogP contribution in [-0.2, 0) is 83.1 Å². The number of amides is 13. The molecule has 1 fully saturated rings. The standard InChI is InChI=1S/C64H93N17O25/c1-28(16-49(88)89)53-63(104)79-43(19-45(84)35-11-5-7-12-36(35)66)64(105)106-30(3)54(81-60(101)42(22-52(94)95)78-59(100)40(20-46(67)85)76-58(99)39(72-31(4)83)17-32-23-69-37-13-8-6-10-34(32)37)62(103)70-26-48(87)74-38(14-9-15-65)56(97)77-41(21-51(92)93)57(98)71-29(2)55(96)73-33(18-50(90)91)24-68-25-47(86)75-44(27-82)61(102)80-53/h5-8,10-13,23,28-30,33,38-44,49-51,53-54,68-69,82,88-93H,9,14-22,24-27,65-66H2,1-4H3,(H2,67,85)(H,70,103)(H,71,98)(H,72,83)(H,73,96)(H,74,87)(H,75,86)(H,76,99)(H,77,97)(H,78,100)(H,79,104)(H,80,102)(H,81,101)(H,94,95). The summed E-state index contributed by atoms with van der Waals surface area (Å²) in [6.45, 7) is 0.591. The summed E-state index contributed by atoms with van der Waals surface area (Å²) < 4.78 is 5.68. The molecule has 0 saturated carbocycles. The third-order valence-electron chi connectivity index (χ3n) is 16.1. The van der Waals surface area contributed by atoms with Crippen molar-refractivity contribution in [2.24, 2.45) is 17.4 Å². The van der Waals surface area contributed by atoms with E-state index >= 15 is 0 Å². The molecule has 106 heavy (non-hydrogen) atoms. The molecule has 3 aromatic rings. The van der Waals surface area contributed by atoms with E-state index in [1.54, 1.807) is 30.5 Å². The summed E-state index contributed by atoms with van der Waals surface area (Å²) in [4.78, 5) is 224. The Kier molecular flexibility index (Phi) is 35.3. The zero-order chi connectivity index (χ0) is 79.2. The number of carbonyl (C=O) groups is 16. The van der Waals surface area contributed by atoms with Crippen LogP contribution in [0.3, 0.4) is 0 Å². The first-order valence-electron chi connectivity index (χ1n) is 33.2.